The van der Waals surface area contributed by atoms with E-state index in [0.29, 0.717) is 0 Å². The second kappa shape index (κ2) is 12.2. The highest BCUT2D eigenvalue weighted by molar-refractivity contribution is 5.98. The average molecular weight is 742 g/mol. The van der Waals surface area contributed by atoms with E-state index in [9.17, 15) is 0 Å². The highest BCUT2D eigenvalue weighted by Crippen LogP contribution is 2.63. The molecule has 1 spiro atoms. The average Bonchev–Trinajstić information content (AvgIpc) is 3.67. The minimum atomic E-state index is -0.597. The Morgan fingerprint density at radius 2 is 0.828 bits per heavy atom. The molecule has 3 aliphatic rings. The van der Waals surface area contributed by atoms with Gasteiger partial charge in [0.15, 0.2) is 0 Å². The third kappa shape index (κ3) is 4.54. The van der Waals surface area contributed by atoms with Crippen molar-refractivity contribution in [1.29, 1.82) is 0 Å². The minimum Gasteiger partial charge on any atom is -0.457 e. The molecule has 12 rings (SSSR count). The van der Waals surface area contributed by atoms with E-state index < -0.39 is 5.41 Å². The number of hydrogen-bond donors (Lipinski definition) is 0. The van der Waals surface area contributed by atoms with Gasteiger partial charge in [-0.1, -0.05) is 153 Å². The van der Waals surface area contributed by atoms with Gasteiger partial charge in [-0.05, 0) is 127 Å². The quantitative estimate of drug-likeness (QED) is 0.178. The lowest BCUT2D eigenvalue weighted by Gasteiger charge is -2.39. The van der Waals surface area contributed by atoms with E-state index >= 15 is 0 Å². The molecule has 0 radical (unpaired) electrons. The first-order valence-corrected chi connectivity index (χ1v) is 20.3. The van der Waals surface area contributed by atoms with Gasteiger partial charge in [0.1, 0.15) is 11.5 Å². The lowest BCUT2D eigenvalue weighted by atomic mass is 9.66. The zero-order valence-electron chi connectivity index (χ0n) is 32.4. The van der Waals surface area contributed by atoms with E-state index in [2.05, 4.69) is 219 Å². The molecule has 0 amide bonds. The van der Waals surface area contributed by atoms with Crippen LogP contribution in [0.2, 0.25) is 0 Å². The summed E-state index contributed by atoms with van der Waals surface area (Å²) in [6.07, 6.45) is 0. The molecule has 0 saturated carbocycles. The van der Waals surface area contributed by atoms with Crippen molar-refractivity contribution in [1.82, 2.24) is 0 Å². The number of ether oxygens (including phenoxy) is 1. The minimum absolute atomic E-state index is 0.133. The Hall–Kier alpha value is -7.16. The molecule has 58 heavy (non-hydrogen) atoms. The summed E-state index contributed by atoms with van der Waals surface area (Å²) in [6, 6.07) is 73.7. The van der Waals surface area contributed by atoms with E-state index in [4.69, 9.17) is 4.74 Å². The van der Waals surface area contributed by atoms with Gasteiger partial charge in [0, 0.05) is 33.6 Å². The first kappa shape index (κ1) is 33.0. The van der Waals surface area contributed by atoms with Crippen molar-refractivity contribution in [3.63, 3.8) is 0 Å². The molecule has 0 bridgehead atoms. The van der Waals surface area contributed by atoms with Crippen LogP contribution in [0.15, 0.2) is 200 Å². The van der Waals surface area contributed by atoms with Crippen LogP contribution >= 0.6 is 0 Å². The molecular weight excluding hydrogens is 703 g/mol. The SMILES string of the molecule is CC1(C)c2ccccc2-c2ccc(N(c3ccc(-c4ccccc4)cc3)c3ccc4c(c3)C3(c5ccccc5Oc5ccccc53)c3cc5ccccc5cc3-4)cc21. The fourth-order valence-corrected chi connectivity index (χ4v) is 10.4. The van der Waals surface area contributed by atoms with Crippen molar-refractivity contribution >= 4 is 27.8 Å². The molecule has 1 heterocycles. The van der Waals surface area contributed by atoms with Crippen molar-refractivity contribution < 1.29 is 4.74 Å². The number of anilines is 3. The van der Waals surface area contributed by atoms with E-state index in [1.54, 1.807) is 0 Å². The maximum Gasteiger partial charge on any atom is 0.132 e. The Morgan fingerprint density at radius 1 is 0.345 bits per heavy atom. The van der Waals surface area contributed by atoms with Gasteiger partial charge in [0.25, 0.3) is 0 Å². The molecule has 0 aromatic heterocycles. The van der Waals surface area contributed by atoms with E-state index in [-0.39, 0.29) is 5.41 Å². The highest BCUT2D eigenvalue weighted by atomic mass is 16.5. The van der Waals surface area contributed by atoms with Crippen LogP contribution in [-0.4, -0.2) is 0 Å². The number of fused-ring (bicyclic) bond motifs is 13. The number of rotatable bonds is 4. The topological polar surface area (TPSA) is 12.5 Å². The lowest BCUT2D eigenvalue weighted by molar-refractivity contribution is 0.436. The molecule has 0 unspecified atom stereocenters. The summed E-state index contributed by atoms with van der Waals surface area (Å²) < 4.78 is 6.72. The Labute approximate surface area is 339 Å². The predicted molar refractivity (Wildman–Crippen MR) is 239 cm³/mol. The fourth-order valence-electron chi connectivity index (χ4n) is 10.4. The highest BCUT2D eigenvalue weighted by Gasteiger charge is 2.51. The van der Waals surface area contributed by atoms with Gasteiger partial charge in [0.2, 0.25) is 0 Å². The molecule has 1 aliphatic heterocycles. The van der Waals surface area contributed by atoms with Gasteiger partial charge in [-0.15, -0.1) is 0 Å². The molecule has 2 heteroatoms. The first-order valence-electron chi connectivity index (χ1n) is 20.3. The van der Waals surface area contributed by atoms with Crippen molar-refractivity contribution in [2.75, 3.05) is 4.90 Å². The van der Waals surface area contributed by atoms with Crippen molar-refractivity contribution in [2.45, 2.75) is 24.7 Å². The monoisotopic (exact) mass is 741 g/mol. The fraction of sp³-hybridized carbons (Fsp3) is 0.0714. The third-order valence-electron chi connectivity index (χ3n) is 13.1. The Balaban J connectivity index is 1.12. The van der Waals surface area contributed by atoms with Gasteiger partial charge in [-0.3, -0.25) is 0 Å². The van der Waals surface area contributed by atoms with Crippen LogP contribution in [0.3, 0.4) is 0 Å². The predicted octanol–water partition coefficient (Wildman–Crippen LogP) is 14.8. The number of benzene rings is 9. The first-order chi connectivity index (χ1) is 28.5. The number of hydrogen-bond acceptors (Lipinski definition) is 2. The molecule has 9 aromatic carbocycles. The van der Waals surface area contributed by atoms with Crippen molar-refractivity contribution in [3.05, 3.63) is 234 Å². The van der Waals surface area contributed by atoms with Gasteiger partial charge < -0.3 is 9.64 Å². The Kier molecular flexibility index (Phi) is 6.93. The van der Waals surface area contributed by atoms with E-state index in [1.165, 1.54) is 66.4 Å². The van der Waals surface area contributed by atoms with Gasteiger partial charge in [-0.2, -0.15) is 0 Å². The second-order valence-corrected chi connectivity index (χ2v) is 16.5. The van der Waals surface area contributed by atoms with Gasteiger partial charge in [0.05, 0.1) is 5.41 Å². The molecule has 9 aromatic rings. The summed E-state index contributed by atoms with van der Waals surface area (Å²) in [7, 11) is 0. The van der Waals surface area contributed by atoms with Crippen LogP contribution in [0.1, 0.15) is 47.2 Å². The molecule has 0 saturated heterocycles. The normalized spacial score (nSPS) is 14.4. The second-order valence-electron chi connectivity index (χ2n) is 16.5. The summed E-state index contributed by atoms with van der Waals surface area (Å²) in [6.45, 7) is 4.72. The molecule has 0 atom stereocenters. The Morgan fingerprint density at radius 3 is 1.52 bits per heavy atom. The molecule has 0 N–H and O–H groups in total. The standard InChI is InChI=1S/C56H39NO/c1-55(2)47-19-9-8-18-43(47)44-30-28-41(34-50(44)55)57(40-26-24-37(25-27-40)36-14-4-3-5-15-36)42-29-31-45-46-32-38-16-6-7-17-39(38)33-51(46)56(52(45)35-42)48-20-10-12-22-53(48)58-54-23-13-11-21-49(54)56/h3-35H,1-2H3. The molecule has 2 nitrogen and oxygen atoms in total. The molecular formula is C56H39NO. The van der Waals surface area contributed by atoms with Crippen LogP contribution in [0.25, 0.3) is 44.2 Å². The van der Waals surface area contributed by atoms with Crippen LogP contribution < -0.4 is 9.64 Å². The Bertz CT molecular complexity index is 3080. The van der Waals surface area contributed by atoms with Crippen LogP contribution in [0.5, 0.6) is 11.5 Å². The van der Waals surface area contributed by atoms with Crippen molar-refractivity contribution in [2.24, 2.45) is 0 Å². The zero-order chi connectivity index (χ0) is 38.6. The maximum atomic E-state index is 6.72. The molecule has 0 fully saturated rings. The summed E-state index contributed by atoms with van der Waals surface area (Å²) in [5, 5.41) is 2.47. The van der Waals surface area contributed by atoms with Gasteiger partial charge >= 0.3 is 0 Å². The number of para-hydroxylation sites is 2. The maximum absolute atomic E-state index is 6.72. The summed E-state index contributed by atoms with van der Waals surface area (Å²) >= 11 is 0. The lowest BCUT2D eigenvalue weighted by Crippen LogP contribution is -2.32. The van der Waals surface area contributed by atoms with Crippen LogP contribution in [0, 0.1) is 0 Å². The smallest absolute Gasteiger partial charge is 0.132 e. The van der Waals surface area contributed by atoms with Crippen LogP contribution in [-0.2, 0) is 10.8 Å². The summed E-state index contributed by atoms with van der Waals surface area (Å²) in [5.41, 5.74) is 17.8. The molecule has 2 aliphatic carbocycles. The van der Waals surface area contributed by atoms with Crippen LogP contribution in [0.4, 0.5) is 17.1 Å². The molecule has 274 valence electrons. The summed E-state index contributed by atoms with van der Waals surface area (Å²) in [5.74, 6) is 1.79. The van der Waals surface area contributed by atoms with Crippen molar-refractivity contribution in [3.8, 4) is 44.9 Å². The van der Waals surface area contributed by atoms with E-state index in [0.717, 1.165) is 39.7 Å². The van der Waals surface area contributed by atoms with E-state index in [1.807, 2.05) is 0 Å². The zero-order valence-corrected chi connectivity index (χ0v) is 32.4. The van der Waals surface area contributed by atoms with Gasteiger partial charge in [-0.25, -0.2) is 0 Å². The third-order valence-corrected chi connectivity index (χ3v) is 13.1. The largest absolute Gasteiger partial charge is 0.457 e. The number of nitrogens with zero attached hydrogens (tertiary/aromatic N) is 1. The summed E-state index contributed by atoms with van der Waals surface area (Å²) in [4.78, 5) is 2.46.